The molecule has 1 aliphatic heterocycles. The lowest BCUT2D eigenvalue weighted by Crippen LogP contribution is -2.31. The van der Waals surface area contributed by atoms with E-state index < -0.39 is 0 Å². The van der Waals surface area contributed by atoms with Crippen LogP contribution in [-0.2, 0) is 9.59 Å². The zero-order chi connectivity index (χ0) is 21.1. The minimum atomic E-state index is -0.339. The number of hydrogen-bond donors (Lipinski definition) is 0. The van der Waals surface area contributed by atoms with Crippen molar-refractivity contribution in [2.45, 2.75) is 6.92 Å². The Morgan fingerprint density at radius 3 is 2.31 bits per heavy atom. The molecule has 0 saturated carbocycles. The molecule has 0 N–H and O–H groups in total. The fourth-order valence-corrected chi connectivity index (χ4v) is 4.03. The smallest absolute Gasteiger partial charge is 0.272 e. The Kier molecular flexibility index (Phi) is 6.17. The standard InChI is InChI=1S/C22H24N2O4S/c1-6-29-20-19(14-10-11-17(27-4)18(12-14)28-5)21(25)24(22(20)26)16-9-7-8-15(13-16)23(2)3/h7-13H,6H2,1-5H3. The minimum Gasteiger partial charge on any atom is -0.493 e. The summed E-state index contributed by atoms with van der Waals surface area (Å²) in [6, 6.07) is 12.6. The second-order valence-corrected chi connectivity index (χ2v) is 7.84. The molecule has 152 valence electrons. The highest BCUT2D eigenvalue weighted by molar-refractivity contribution is 8.04. The molecule has 1 heterocycles. The van der Waals surface area contributed by atoms with E-state index in [9.17, 15) is 9.59 Å². The molecule has 0 aliphatic carbocycles. The van der Waals surface area contributed by atoms with Crippen molar-refractivity contribution in [1.29, 1.82) is 0 Å². The molecule has 0 spiro atoms. The van der Waals surface area contributed by atoms with E-state index in [2.05, 4.69) is 0 Å². The van der Waals surface area contributed by atoms with Gasteiger partial charge in [0.1, 0.15) is 0 Å². The SMILES string of the molecule is CCSC1=C(c2ccc(OC)c(OC)c2)C(=O)N(c2cccc(N(C)C)c2)C1=O. The van der Waals surface area contributed by atoms with Crippen LogP contribution in [0.4, 0.5) is 11.4 Å². The summed E-state index contributed by atoms with van der Waals surface area (Å²) in [4.78, 5) is 30.2. The van der Waals surface area contributed by atoms with Gasteiger partial charge in [0.2, 0.25) is 0 Å². The van der Waals surface area contributed by atoms with Crippen LogP contribution in [0.5, 0.6) is 11.5 Å². The van der Waals surface area contributed by atoms with E-state index in [0.29, 0.717) is 39.0 Å². The number of amides is 2. The van der Waals surface area contributed by atoms with E-state index in [1.807, 2.05) is 44.1 Å². The lowest BCUT2D eigenvalue weighted by Gasteiger charge is -2.19. The number of nitrogens with zero attached hydrogens (tertiary/aromatic N) is 2. The third kappa shape index (κ3) is 3.82. The largest absolute Gasteiger partial charge is 0.493 e. The van der Waals surface area contributed by atoms with Gasteiger partial charge in [0.25, 0.3) is 11.8 Å². The highest BCUT2D eigenvalue weighted by Gasteiger charge is 2.40. The Balaban J connectivity index is 2.10. The van der Waals surface area contributed by atoms with Gasteiger partial charge < -0.3 is 14.4 Å². The average Bonchev–Trinajstić information content (AvgIpc) is 2.97. The van der Waals surface area contributed by atoms with Crippen LogP contribution in [0, 0.1) is 0 Å². The van der Waals surface area contributed by atoms with Gasteiger partial charge in [-0.05, 0) is 41.6 Å². The maximum atomic E-state index is 13.4. The molecule has 0 bridgehead atoms. The zero-order valence-electron chi connectivity index (χ0n) is 17.2. The predicted octanol–water partition coefficient (Wildman–Crippen LogP) is 3.81. The van der Waals surface area contributed by atoms with Gasteiger partial charge in [-0.3, -0.25) is 9.59 Å². The van der Waals surface area contributed by atoms with Crippen molar-refractivity contribution in [3.63, 3.8) is 0 Å². The Bertz CT molecular complexity index is 985. The summed E-state index contributed by atoms with van der Waals surface area (Å²) in [7, 11) is 6.92. The van der Waals surface area contributed by atoms with Crippen LogP contribution in [0.15, 0.2) is 47.4 Å². The van der Waals surface area contributed by atoms with E-state index in [4.69, 9.17) is 9.47 Å². The number of rotatable bonds is 7. The van der Waals surface area contributed by atoms with Gasteiger partial charge in [0.15, 0.2) is 11.5 Å². The number of carbonyl (C=O) groups excluding carboxylic acids is 2. The summed E-state index contributed by atoms with van der Waals surface area (Å²) in [6.07, 6.45) is 0. The van der Waals surface area contributed by atoms with Crippen molar-refractivity contribution >= 4 is 40.5 Å². The van der Waals surface area contributed by atoms with Gasteiger partial charge in [0, 0.05) is 19.8 Å². The van der Waals surface area contributed by atoms with Crippen LogP contribution in [0.2, 0.25) is 0 Å². The molecule has 2 amide bonds. The summed E-state index contributed by atoms with van der Waals surface area (Å²) in [5.41, 5.74) is 2.48. The average molecular weight is 413 g/mol. The topological polar surface area (TPSA) is 59.1 Å². The second kappa shape index (κ2) is 8.61. The fraction of sp³-hybridized carbons (Fsp3) is 0.273. The number of ether oxygens (including phenoxy) is 2. The number of benzene rings is 2. The summed E-state index contributed by atoms with van der Waals surface area (Å²) in [6.45, 7) is 1.96. The van der Waals surface area contributed by atoms with Crippen LogP contribution in [0.3, 0.4) is 0 Å². The van der Waals surface area contributed by atoms with E-state index >= 15 is 0 Å². The van der Waals surface area contributed by atoms with Crippen molar-refractivity contribution in [2.75, 3.05) is 43.9 Å². The Hall–Kier alpha value is -2.93. The van der Waals surface area contributed by atoms with Crippen LogP contribution < -0.4 is 19.3 Å². The highest BCUT2D eigenvalue weighted by Crippen LogP contribution is 2.41. The van der Waals surface area contributed by atoms with Gasteiger partial charge in [-0.1, -0.05) is 19.1 Å². The van der Waals surface area contributed by atoms with E-state index in [-0.39, 0.29) is 11.8 Å². The number of thioether (sulfide) groups is 1. The quantitative estimate of drug-likeness (QED) is 0.645. The first-order chi connectivity index (χ1) is 13.9. The minimum absolute atomic E-state index is 0.303. The number of imide groups is 1. The van der Waals surface area contributed by atoms with E-state index in [1.165, 1.54) is 16.7 Å². The molecule has 0 atom stereocenters. The van der Waals surface area contributed by atoms with E-state index in [1.54, 1.807) is 38.5 Å². The molecule has 6 nitrogen and oxygen atoms in total. The van der Waals surface area contributed by atoms with E-state index in [0.717, 1.165) is 5.69 Å². The van der Waals surface area contributed by atoms with Gasteiger partial charge in [-0.2, -0.15) is 0 Å². The molecule has 0 fully saturated rings. The summed E-state index contributed by atoms with van der Waals surface area (Å²) in [5.74, 6) is 1.11. The lowest BCUT2D eigenvalue weighted by molar-refractivity contribution is -0.119. The molecule has 7 heteroatoms. The summed E-state index contributed by atoms with van der Waals surface area (Å²) < 4.78 is 10.7. The fourth-order valence-electron chi connectivity index (χ4n) is 3.18. The van der Waals surface area contributed by atoms with Crippen molar-refractivity contribution in [3.8, 4) is 11.5 Å². The first-order valence-electron chi connectivity index (χ1n) is 9.18. The number of carbonyl (C=O) groups is 2. The molecule has 0 saturated heterocycles. The normalized spacial score (nSPS) is 13.9. The molecule has 0 aromatic heterocycles. The van der Waals surface area contributed by atoms with Crippen LogP contribution in [0.1, 0.15) is 12.5 Å². The molecular weight excluding hydrogens is 388 g/mol. The van der Waals surface area contributed by atoms with Crippen molar-refractivity contribution in [3.05, 3.63) is 52.9 Å². The van der Waals surface area contributed by atoms with Gasteiger partial charge in [-0.25, -0.2) is 4.90 Å². The first kappa shape index (κ1) is 20.8. The molecule has 29 heavy (non-hydrogen) atoms. The Labute approximate surface area is 175 Å². The van der Waals surface area contributed by atoms with Crippen LogP contribution >= 0.6 is 11.8 Å². The maximum absolute atomic E-state index is 13.4. The second-order valence-electron chi connectivity index (χ2n) is 6.57. The molecule has 2 aromatic carbocycles. The number of anilines is 2. The van der Waals surface area contributed by atoms with Gasteiger partial charge in [0.05, 0.1) is 30.4 Å². The number of hydrogen-bond acceptors (Lipinski definition) is 6. The van der Waals surface area contributed by atoms with Crippen molar-refractivity contribution < 1.29 is 19.1 Å². The van der Waals surface area contributed by atoms with Gasteiger partial charge in [-0.15, -0.1) is 11.8 Å². The molecule has 0 radical (unpaired) electrons. The highest BCUT2D eigenvalue weighted by atomic mass is 32.2. The molecule has 2 aromatic rings. The van der Waals surface area contributed by atoms with Crippen LogP contribution in [-0.4, -0.2) is 45.9 Å². The lowest BCUT2D eigenvalue weighted by atomic mass is 10.1. The van der Waals surface area contributed by atoms with Gasteiger partial charge >= 0.3 is 0 Å². The third-order valence-electron chi connectivity index (χ3n) is 4.61. The molecule has 1 aliphatic rings. The molecule has 3 rings (SSSR count). The predicted molar refractivity (Wildman–Crippen MR) is 118 cm³/mol. The molecule has 0 unspecified atom stereocenters. The summed E-state index contributed by atoms with van der Waals surface area (Å²) >= 11 is 1.37. The Morgan fingerprint density at radius 1 is 0.966 bits per heavy atom. The summed E-state index contributed by atoms with van der Waals surface area (Å²) in [5, 5.41) is 0. The third-order valence-corrected chi connectivity index (χ3v) is 5.56. The zero-order valence-corrected chi connectivity index (χ0v) is 18.0. The van der Waals surface area contributed by atoms with Crippen molar-refractivity contribution in [2.24, 2.45) is 0 Å². The maximum Gasteiger partial charge on any atom is 0.272 e. The Morgan fingerprint density at radius 2 is 1.69 bits per heavy atom. The number of methoxy groups -OCH3 is 2. The van der Waals surface area contributed by atoms with Crippen molar-refractivity contribution in [1.82, 2.24) is 0 Å². The first-order valence-corrected chi connectivity index (χ1v) is 10.2. The molecular formula is C22H24N2O4S. The van der Waals surface area contributed by atoms with Crippen LogP contribution in [0.25, 0.3) is 5.57 Å². The monoisotopic (exact) mass is 412 g/mol.